The number of para-hydroxylation sites is 3. The second-order valence-corrected chi connectivity index (χ2v) is 10.2. The summed E-state index contributed by atoms with van der Waals surface area (Å²) in [5.74, 6) is 0. The highest BCUT2D eigenvalue weighted by Gasteiger charge is 2.14. The molecule has 0 bridgehead atoms. The van der Waals surface area contributed by atoms with Crippen molar-refractivity contribution in [3.63, 3.8) is 0 Å². The van der Waals surface area contributed by atoms with Crippen LogP contribution in [0.2, 0.25) is 0 Å². The van der Waals surface area contributed by atoms with E-state index in [9.17, 15) is 5.26 Å². The maximum absolute atomic E-state index is 9.25. The fourth-order valence-corrected chi connectivity index (χ4v) is 6.12. The second kappa shape index (κ2) is 8.73. The summed E-state index contributed by atoms with van der Waals surface area (Å²) in [5.41, 5.74) is 9.97. The lowest BCUT2D eigenvalue weighted by molar-refractivity contribution is 1.18. The summed E-state index contributed by atoms with van der Waals surface area (Å²) in [6.45, 7) is 0. The summed E-state index contributed by atoms with van der Waals surface area (Å²) in [7, 11) is 0. The molecule has 0 atom stereocenters. The van der Waals surface area contributed by atoms with Gasteiger partial charge in [0.25, 0.3) is 0 Å². The number of hydrogen-bond donors (Lipinski definition) is 0. The predicted octanol–water partition coefficient (Wildman–Crippen LogP) is 9.42. The van der Waals surface area contributed by atoms with Crippen molar-refractivity contribution in [2.24, 2.45) is 0 Å². The van der Waals surface area contributed by atoms with Gasteiger partial charge >= 0.3 is 0 Å². The third kappa shape index (κ3) is 3.30. The van der Waals surface area contributed by atoms with Crippen molar-refractivity contribution < 1.29 is 0 Å². The molecule has 0 aliphatic carbocycles. The molecular weight excluding hydrogens is 486 g/mol. The van der Waals surface area contributed by atoms with E-state index in [1.807, 2.05) is 24.3 Å². The van der Waals surface area contributed by atoms with Crippen molar-refractivity contribution in [2.75, 3.05) is 0 Å². The number of benzene rings is 6. The van der Waals surface area contributed by atoms with Crippen LogP contribution in [0.15, 0.2) is 140 Å². The SMILES string of the molecule is N#Cc1ccc(-n2c3ccccc3c3cc(-c4ccc(-n5c6ccccc6c6ccccc65)cc4)ccc32)cc1. The van der Waals surface area contributed by atoms with Crippen LogP contribution in [0.3, 0.4) is 0 Å². The van der Waals surface area contributed by atoms with E-state index in [-0.39, 0.29) is 0 Å². The number of nitrogens with zero attached hydrogens (tertiary/aromatic N) is 3. The first kappa shape index (κ1) is 22.4. The molecule has 3 nitrogen and oxygen atoms in total. The van der Waals surface area contributed by atoms with E-state index >= 15 is 0 Å². The molecule has 0 unspecified atom stereocenters. The number of fused-ring (bicyclic) bond motifs is 6. The minimum absolute atomic E-state index is 0.663. The molecule has 0 saturated heterocycles. The smallest absolute Gasteiger partial charge is 0.0991 e. The summed E-state index contributed by atoms with van der Waals surface area (Å²) >= 11 is 0. The Balaban J connectivity index is 1.26. The van der Waals surface area contributed by atoms with Gasteiger partial charge in [-0.25, -0.2) is 0 Å². The maximum Gasteiger partial charge on any atom is 0.0991 e. The number of nitriles is 1. The molecule has 2 heterocycles. The molecule has 0 spiro atoms. The number of rotatable bonds is 3. The van der Waals surface area contributed by atoms with Gasteiger partial charge in [-0.2, -0.15) is 5.26 Å². The van der Waals surface area contributed by atoms with E-state index in [0.29, 0.717) is 5.56 Å². The minimum atomic E-state index is 0.663. The van der Waals surface area contributed by atoms with Gasteiger partial charge < -0.3 is 9.13 Å². The zero-order chi connectivity index (χ0) is 26.6. The Morgan fingerprint density at radius 1 is 0.400 bits per heavy atom. The van der Waals surface area contributed by atoms with E-state index in [4.69, 9.17) is 0 Å². The van der Waals surface area contributed by atoms with Crippen molar-refractivity contribution in [3.8, 4) is 28.6 Å². The Bertz CT molecular complexity index is 2200. The van der Waals surface area contributed by atoms with Crippen LogP contribution >= 0.6 is 0 Å². The molecule has 6 aromatic carbocycles. The number of aromatic nitrogens is 2. The molecule has 0 amide bonds. The normalized spacial score (nSPS) is 11.5. The molecule has 8 aromatic rings. The Morgan fingerprint density at radius 3 is 1.35 bits per heavy atom. The van der Waals surface area contributed by atoms with Gasteiger partial charge in [0.2, 0.25) is 0 Å². The molecule has 8 rings (SSSR count). The van der Waals surface area contributed by atoms with Gasteiger partial charge in [-0.05, 0) is 77.9 Å². The van der Waals surface area contributed by atoms with E-state index in [2.05, 4.69) is 130 Å². The summed E-state index contributed by atoms with van der Waals surface area (Å²) in [6.07, 6.45) is 0. The third-order valence-corrected chi connectivity index (χ3v) is 7.97. The first-order chi connectivity index (χ1) is 19.8. The molecule has 0 N–H and O–H groups in total. The van der Waals surface area contributed by atoms with Crippen LogP contribution < -0.4 is 0 Å². The molecule has 186 valence electrons. The number of hydrogen-bond acceptors (Lipinski definition) is 1. The van der Waals surface area contributed by atoms with Gasteiger partial charge in [0.05, 0.1) is 33.7 Å². The van der Waals surface area contributed by atoms with Gasteiger partial charge in [-0.15, -0.1) is 0 Å². The summed E-state index contributed by atoms with van der Waals surface area (Å²) < 4.78 is 4.63. The van der Waals surface area contributed by atoms with Crippen LogP contribution in [0.5, 0.6) is 0 Å². The first-order valence-electron chi connectivity index (χ1n) is 13.4. The van der Waals surface area contributed by atoms with E-state index in [0.717, 1.165) is 22.4 Å². The van der Waals surface area contributed by atoms with Crippen LogP contribution in [-0.4, -0.2) is 9.13 Å². The highest BCUT2D eigenvalue weighted by molar-refractivity contribution is 6.11. The van der Waals surface area contributed by atoms with E-state index < -0.39 is 0 Å². The largest absolute Gasteiger partial charge is 0.309 e. The summed E-state index contributed by atoms with van der Waals surface area (Å²) in [5, 5.41) is 14.2. The topological polar surface area (TPSA) is 33.6 Å². The van der Waals surface area contributed by atoms with Crippen LogP contribution in [0.1, 0.15) is 5.56 Å². The van der Waals surface area contributed by atoms with Crippen LogP contribution in [-0.2, 0) is 0 Å². The zero-order valence-corrected chi connectivity index (χ0v) is 21.6. The second-order valence-electron chi connectivity index (χ2n) is 10.2. The minimum Gasteiger partial charge on any atom is -0.309 e. The van der Waals surface area contributed by atoms with Gasteiger partial charge in [0, 0.05) is 32.9 Å². The molecule has 2 aromatic heterocycles. The molecule has 3 heteroatoms. The predicted molar refractivity (Wildman–Crippen MR) is 165 cm³/mol. The maximum atomic E-state index is 9.25. The molecular formula is C37H23N3. The van der Waals surface area contributed by atoms with Crippen LogP contribution in [0.4, 0.5) is 0 Å². The zero-order valence-electron chi connectivity index (χ0n) is 21.6. The quantitative estimate of drug-likeness (QED) is 0.233. The molecule has 40 heavy (non-hydrogen) atoms. The standard InChI is InChI=1S/C37H23N3/c38-24-25-13-18-28(19-14-25)40-36-12-6-3-9-32(36)33-23-27(17-22-37(33)40)26-15-20-29(21-16-26)39-34-10-4-1-7-30(34)31-8-2-5-11-35(31)39/h1-23H. The fourth-order valence-electron chi connectivity index (χ4n) is 6.12. The Morgan fingerprint density at radius 2 is 0.825 bits per heavy atom. The third-order valence-electron chi connectivity index (χ3n) is 7.97. The summed E-state index contributed by atoms with van der Waals surface area (Å²) in [4.78, 5) is 0. The van der Waals surface area contributed by atoms with Gasteiger partial charge in [-0.3, -0.25) is 0 Å². The van der Waals surface area contributed by atoms with Crippen molar-refractivity contribution in [2.45, 2.75) is 0 Å². The Kier molecular flexibility index (Phi) is 4.89. The average Bonchev–Trinajstić information content (AvgIpc) is 3.54. The molecule has 0 fully saturated rings. The molecule has 0 aliphatic heterocycles. The molecule has 0 radical (unpaired) electrons. The Hall–Kier alpha value is -5.59. The monoisotopic (exact) mass is 509 g/mol. The van der Waals surface area contributed by atoms with Crippen molar-refractivity contribution in [3.05, 3.63) is 145 Å². The lowest BCUT2D eigenvalue weighted by Crippen LogP contribution is -1.94. The van der Waals surface area contributed by atoms with E-state index in [1.54, 1.807) is 0 Å². The van der Waals surface area contributed by atoms with Gasteiger partial charge in [-0.1, -0.05) is 72.8 Å². The lowest BCUT2D eigenvalue weighted by atomic mass is 10.0. The molecule has 0 aliphatic rings. The summed E-state index contributed by atoms with van der Waals surface area (Å²) in [6, 6.07) is 51.4. The van der Waals surface area contributed by atoms with Gasteiger partial charge in [0.1, 0.15) is 0 Å². The van der Waals surface area contributed by atoms with Crippen molar-refractivity contribution in [1.82, 2.24) is 9.13 Å². The van der Waals surface area contributed by atoms with E-state index in [1.165, 1.54) is 43.7 Å². The first-order valence-corrected chi connectivity index (χ1v) is 13.4. The van der Waals surface area contributed by atoms with Crippen LogP contribution in [0, 0.1) is 11.3 Å². The fraction of sp³-hybridized carbons (Fsp3) is 0. The highest BCUT2D eigenvalue weighted by atomic mass is 15.0. The van der Waals surface area contributed by atoms with Gasteiger partial charge in [0.15, 0.2) is 0 Å². The highest BCUT2D eigenvalue weighted by Crippen LogP contribution is 2.36. The Labute approximate surface area is 231 Å². The average molecular weight is 510 g/mol. The van der Waals surface area contributed by atoms with Crippen molar-refractivity contribution in [1.29, 1.82) is 5.26 Å². The van der Waals surface area contributed by atoms with Crippen molar-refractivity contribution >= 4 is 43.6 Å². The molecule has 0 saturated carbocycles. The lowest BCUT2D eigenvalue weighted by Gasteiger charge is -2.10. The van der Waals surface area contributed by atoms with Crippen LogP contribution in [0.25, 0.3) is 66.1 Å².